The van der Waals surface area contributed by atoms with E-state index >= 15 is 0 Å². The van der Waals surface area contributed by atoms with Gasteiger partial charge in [-0.2, -0.15) is 0 Å². The Morgan fingerprint density at radius 3 is 2.88 bits per heavy atom. The summed E-state index contributed by atoms with van der Waals surface area (Å²) in [6.45, 7) is 6.75. The van der Waals surface area contributed by atoms with E-state index in [1.54, 1.807) is 13.2 Å². The van der Waals surface area contributed by atoms with E-state index in [1.165, 1.54) is 0 Å². The number of hydrogen-bond acceptors (Lipinski definition) is 4. The van der Waals surface area contributed by atoms with Gasteiger partial charge in [0.25, 0.3) is 5.91 Å². The van der Waals surface area contributed by atoms with Gasteiger partial charge in [-0.1, -0.05) is 18.7 Å². The number of carbonyl (C=O) groups excluding carboxylic acids is 1. The van der Waals surface area contributed by atoms with Gasteiger partial charge in [0.15, 0.2) is 0 Å². The topological polar surface area (TPSA) is 59.0 Å². The van der Waals surface area contributed by atoms with Crippen molar-refractivity contribution in [3.05, 3.63) is 42.0 Å². The average Bonchev–Trinajstić information content (AvgIpc) is 2.99. The molecule has 136 valence electrons. The number of aliphatic hydroxyl groups excluding tert-OH is 1. The van der Waals surface area contributed by atoms with Crippen molar-refractivity contribution in [2.45, 2.75) is 50.4 Å². The Hall–Kier alpha value is -1.85. The van der Waals surface area contributed by atoms with Gasteiger partial charge in [0.2, 0.25) is 0 Å². The Kier molecular flexibility index (Phi) is 5.16. The van der Waals surface area contributed by atoms with Crippen molar-refractivity contribution in [3.63, 3.8) is 0 Å². The lowest BCUT2D eigenvalue weighted by atomic mass is 9.79. The van der Waals surface area contributed by atoms with Crippen molar-refractivity contribution in [1.82, 2.24) is 4.90 Å². The van der Waals surface area contributed by atoms with E-state index in [0.29, 0.717) is 30.9 Å². The summed E-state index contributed by atoms with van der Waals surface area (Å²) in [4.78, 5) is 15.1. The molecule has 0 bridgehead atoms. The molecule has 0 spiro atoms. The molecule has 2 aliphatic rings. The lowest BCUT2D eigenvalue weighted by Crippen LogP contribution is -2.52. The molecule has 0 aromatic heterocycles. The number of methoxy groups -OCH3 is 1. The fraction of sp³-hybridized carbons (Fsp3) is 0.550. The highest BCUT2D eigenvalue weighted by molar-refractivity contribution is 5.97. The molecule has 3 atom stereocenters. The maximum absolute atomic E-state index is 13.2. The first-order valence-electron chi connectivity index (χ1n) is 8.87. The van der Waals surface area contributed by atoms with Crippen molar-refractivity contribution in [1.29, 1.82) is 0 Å². The molecule has 2 fully saturated rings. The predicted octanol–water partition coefficient (Wildman–Crippen LogP) is 2.79. The van der Waals surface area contributed by atoms with E-state index in [4.69, 9.17) is 9.47 Å². The standard InChI is InChI=1S/C20H27NO4/c1-14(2)13-25-17-7-5-4-6-16(17)19(23)21-11-10-20(24-3)9-8-15(22)12-18(20)21/h4-7,15,18,22H,1,8-13H2,2-3H3/t15?,18?,20-/m1/s1. The second kappa shape index (κ2) is 7.18. The summed E-state index contributed by atoms with van der Waals surface area (Å²) in [5, 5.41) is 10.1. The molecule has 5 nitrogen and oxygen atoms in total. The maximum atomic E-state index is 13.2. The Bertz CT molecular complexity index is 659. The number of amides is 1. The average molecular weight is 345 g/mol. The number of rotatable bonds is 5. The van der Waals surface area contributed by atoms with Gasteiger partial charge in [0.05, 0.1) is 23.3 Å². The van der Waals surface area contributed by atoms with Crippen molar-refractivity contribution in [3.8, 4) is 5.75 Å². The van der Waals surface area contributed by atoms with E-state index in [-0.39, 0.29) is 23.7 Å². The normalized spacial score (nSPS) is 28.5. The number of benzene rings is 1. The molecule has 1 heterocycles. The summed E-state index contributed by atoms with van der Waals surface area (Å²) in [5.74, 6) is 0.511. The summed E-state index contributed by atoms with van der Waals surface area (Å²) in [7, 11) is 1.71. The van der Waals surface area contributed by atoms with E-state index in [2.05, 4.69) is 6.58 Å². The first-order chi connectivity index (χ1) is 12.0. The minimum atomic E-state index is -0.378. The van der Waals surface area contributed by atoms with Crippen LogP contribution in [0.4, 0.5) is 0 Å². The molecule has 1 aromatic carbocycles. The van der Waals surface area contributed by atoms with Gasteiger partial charge >= 0.3 is 0 Å². The number of para-hydroxylation sites is 1. The monoisotopic (exact) mass is 345 g/mol. The number of ether oxygens (including phenoxy) is 2. The molecule has 0 radical (unpaired) electrons. The quantitative estimate of drug-likeness (QED) is 0.834. The van der Waals surface area contributed by atoms with Gasteiger partial charge in [-0.3, -0.25) is 4.79 Å². The highest BCUT2D eigenvalue weighted by atomic mass is 16.5. The molecular weight excluding hydrogens is 318 g/mol. The van der Waals surface area contributed by atoms with Crippen LogP contribution in [0.25, 0.3) is 0 Å². The Morgan fingerprint density at radius 2 is 2.16 bits per heavy atom. The van der Waals surface area contributed by atoms with Gasteiger partial charge in [-0.25, -0.2) is 0 Å². The van der Waals surface area contributed by atoms with Crippen LogP contribution in [-0.2, 0) is 4.74 Å². The summed E-state index contributed by atoms with van der Waals surface area (Å²) in [5.41, 5.74) is 1.12. The number of likely N-dealkylation sites (tertiary alicyclic amines) is 1. The fourth-order valence-electron chi connectivity index (χ4n) is 4.04. The van der Waals surface area contributed by atoms with Crippen LogP contribution in [0, 0.1) is 0 Å². The Morgan fingerprint density at radius 1 is 1.40 bits per heavy atom. The molecule has 1 aliphatic heterocycles. The lowest BCUT2D eigenvalue weighted by Gasteiger charge is -2.42. The summed E-state index contributed by atoms with van der Waals surface area (Å²) >= 11 is 0. The Balaban J connectivity index is 1.85. The number of nitrogens with zero attached hydrogens (tertiary/aromatic N) is 1. The zero-order chi connectivity index (χ0) is 18.0. The third-order valence-corrected chi connectivity index (χ3v) is 5.41. The highest BCUT2D eigenvalue weighted by Gasteiger charge is 2.52. The fourth-order valence-corrected chi connectivity index (χ4v) is 4.04. The smallest absolute Gasteiger partial charge is 0.257 e. The maximum Gasteiger partial charge on any atom is 0.257 e. The second-order valence-corrected chi connectivity index (χ2v) is 7.20. The van der Waals surface area contributed by atoms with Crippen LogP contribution in [0.3, 0.4) is 0 Å². The van der Waals surface area contributed by atoms with Crippen molar-refractivity contribution < 1.29 is 19.4 Å². The van der Waals surface area contributed by atoms with Crippen molar-refractivity contribution in [2.24, 2.45) is 0 Å². The van der Waals surface area contributed by atoms with E-state index in [0.717, 1.165) is 24.8 Å². The summed E-state index contributed by atoms with van der Waals surface area (Å²) in [6, 6.07) is 7.21. The molecule has 1 aliphatic carbocycles. The van der Waals surface area contributed by atoms with Crippen LogP contribution in [0.5, 0.6) is 5.75 Å². The molecule has 25 heavy (non-hydrogen) atoms. The molecule has 1 aromatic rings. The third-order valence-electron chi connectivity index (χ3n) is 5.41. The van der Waals surface area contributed by atoms with Gasteiger partial charge in [0, 0.05) is 13.7 Å². The SMILES string of the molecule is C=C(C)COc1ccccc1C(=O)N1CC[C@]2(OC)CCC(O)CC12. The van der Waals surface area contributed by atoms with Gasteiger partial charge in [-0.15, -0.1) is 0 Å². The van der Waals surface area contributed by atoms with E-state index < -0.39 is 0 Å². The third kappa shape index (κ3) is 3.44. The molecule has 5 heteroatoms. The molecule has 1 saturated carbocycles. The van der Waals surface area contributed by atoms with Crippen LogP contribution < -0.4 is 4.74 Å². The molecular formula is C20H27NO4. The molecule has 1 saturated heterocycles. The van der Waals surface area contributed by atoms with Crippen LogP contribution in [0.2, 0.25) is 0 Å². The molecule has 1 amide bonds. The van der Waals surface area contributed by atoms with Crippen LogP contribution in [0.15, 0.2) is 36.4 Å². The van der Waals surface area contributed by atoms with Crippen molar-refractivity contribution in [2.75, 3.05) is 20.3 Å². The Labute approximate surface area is 149 Å². The van der Waals surface area contributed by atoms with E-state index in [1.807, 2.05) is 30.0 Å². The summed E-state index contributed by atoms with van der Waals surface area (Å²) < 4.78 is 11.6. The highest BCUT2D eigenvalue weighted by Crippen LogP contribution is 2.43. The number of hydrogen-bond donors (Lipinski definition) is 1. The molecule has 1 N–H and O–H groups in total. The van der Waals surface area contributed by atoms with Gasteiger partial charge < -0.3 is 19.5 Å². The van der Waals surface area contributed by atoms with Crippen LogP contribution in [0.1, 0.15) is 43.0 Å². The lowest BCUT2D eigenvalue weighted by molar-refractivity contribution is -0.0824. The number of carbonyl (C=O) groups is 1. The zero-order valence-corrected chi connectivity index (χ0v) is 15.0. The van der Waals surface area contributed by atoms with Gasteiger partial charge in [-0.05, 0) is 50.3 Å². The first kappa shape index (κ1) is 18.0. The minimum Gasteiger partial charge on any atom is -0.488 e. The predicted molar refractivity (Wildman–Crippen MR) is 95.8 cm³/mol. The minimum absolute atomic E-state index is 0.0599. The number of fused-ring (bicyclic) bond motifs is 1. The number of aliphatic hydroxyl groups is 1. The zero-order valence-electron chi connectivity index (χ0n) is 15.0. The first-order valence-corrected chi connectivity index (χ1v) is 8.87. The largest absolute Gasteiger partial charge is 0.488 e. The van der Waals surface area contributed by atoms with Crippen LogP contribution >= 0.6 is 0 Å². The molecule has 3 rings (SSSR count). The van der Waals surface area contributed by atoms with Gasteiger partial charge in [0.1, 0.15) is 12.4 Å². The van der Waals surface area contributed by atoms with E-state index in [9.17, 15) is 9.90 Å². The summed E-state index contributed by atoms with van der Waals surface area (Å²) in [6.07, 6.45) is 2.50. The van der Waals surface area contributed by atoms with Crippen LogP contribution in [-0.4, -0.2) is 53.9 Å². The molecule has 2 unspecified atom stereocenters. The van der Waals surface area contributed by atoms with Crippen molar-refractivity contribution >= 4 is 5.91 Å². The second-order valence-electron chi connectivity index (χ2n) is 7.20.